The summed E-state index contributed by atoms with van der Waals surface area (Å²) in [6.07, 6.45) is 2.86. The van der Waals surface area contributed by atoms with E-state index in [0.717, 1.165) is 22.4 Å². The normalized spacial score (nSPS) is 17.5. The second-order valence-electron chi connectivity index (χ2n) is 11.1. The van der Waals surface area contributed by atoms with E-state index in [2.05, 4.69) is 20.1 Å². The molecule has 0 radical (unpaired) electrons. The molecule has 0 aliphatic carbocycles. The first kappa shape index (κ1) is 29.0. The Balaban J connectivity index is 1.28. The zero-order chi connectivity index (χ0) is 30.0. The maximum absolute atomic E-state index is 13.8. The number of rotatable bonds is 9. The van der Waals surface area contributed by atoms with Crippen molar-refractivity contribution in [3.05, 3.63) is 83.4 Å². The maximum Gasteiger partial charge on any atom is 0.271 e. The quantitative estimate of drug-likeness (QED) is 0.306. The first-order valence-electron chi connectivity index (χ1n) is 14.0. The van der Waals surface area contributed by atoms with Crippen molar-refractivity contribution in [3.8, 4) is 17.0 Å². The van der Waals surface area contributed by atoms with Crippen LogP contribution in [0.3, 0.4) is 0 Å². The smallest absolute Gasteiger partial charge is 0.271 e. The summed E-state index contributed by atoms with van der Waals surface area (Å²) < 4.78 is 10.5. The van der Waals surface area contributed by atoms with Crippen LogP contribution in [0.4, 0.5) is 0 Å². The molecule has 4 aromatic rings. The van der Waals surface area contributed by atoms with E-state index in [1.54, 1.807) is 29.1 Å². The molecule has 5 rings (SSSR count). The number of carbonyl (C=O) groups is 2. The number of nitrogens with one attached hydrogen (secondary N) is 1. The summed E-state index contributed by atoms with van der Waals surface area (Å²) >= 11 is 0. The van der Waals surface area contributed by atoms with E-state index >= 15 is 0 Å². The molecule has 3 atom stereocenters. The third-order valence-electron chi connectivity index (χ3n) is 7.61. The number of likely N-dealkylation sites (tertiary alicyclic amines) is 1. The van der Waals surface area contributed by atoms with Crippen LogP contribution in [-0.4, -0.2) is 73.6 Å². The number of β-amino-alcohol motifs (C(OH)–C–C–N with tert-alkyl or cyclic N) is 1. The van der Waals surface area contributed by atoms with Gasteiger partial charge in [-0.1, -0.05) is 38.1 Å². The van der Waals surface area contributed by atoms with E-state index in [1.807, 2.05) is 57.2 Å². The number of aliphatic hydroxyl groups excluding tert-OH is 1. The molecule has 11 heteroatoms. The summed E-state index contributed by atoms with van der Waals surface area (Å²) in [6.45, 7) is 6.36. The lowest BCUT2D eigenvalue weighted by molar-refractivity contribution is -0.135. The molecule has 2 amide bonds. The summed E-state index contributed by atoms with van der Waals surface area (Å²) in [7, 11) is 3.21. The van der Waals surface area contributed by atoms with Crippen LogP contribution in [0.1, 0.15) is 65.6 Å². The number of carbonyl (C=O) groups excluding carboxylic acids is 2. The van der Waals surface area contributed by atoms with Crippen molar-refractivity contribution >= 4 is 11.8 Å². The van der Waals surface area contributed by atoms with Crippen molar-refractivity contribution < 1.29 is 24.0 Å². The predicted molar refractivity (Wildman–Crippen MR) is 155 cm³/mol. The van der Waals surface area contributed by atoms with E-state index in [1.165, 1.54) is 13.3 Å². The molecule has 1 fully saturated rings. The minimum absolute atomic E-state index is 0.0983. The Bertz CT molecular complexity index is 1550. The molecule has 1 unspecified atom stereocenters. The molecular weight excluding hydrogens is 536 g/mol. The van der Waals surface area contributed by atoms with Crippen molar-refractivity contribution in [2.75, 3.05) is 20.7 Å². The predicted octanol–water partition coefficient (Wildman–Crippen LogP) is 4.12. The summed E-state index contributed by atoms with van der Waals surface area (Å²) in [4.78, 5) is 42.1. The molecular formula is C31H36N6O5. The number of methoxy groups -OCH3 is 1. The van der Waals surface area contributed by atoms with Crippen LogP contribution in [0, 0.1) is 12.8 Å². The number of benzene rings is 1. The van der Waals surface area contributed by atoms with Gasteiger partial charge in [0.05, 0.1) is 25.5 Å². The van der Waals surface area contributed by atoms with Gasteiger partial charge >= 0.3 is 0 Å². The van der Waals surface area contributed by atoms with Gasteiger partial charge < -0.3 is 29.2 Å². The summed E-state index contributed by atoms with van der Waals surface area (Å²) in [5.41, 5.74) is 4.42. The number of aliphatic hydroxyl groups is 1. The number of amides is 2. The zero-order valence-corrected chi connectivity index (χ0v) is 24.4. The van der Waals surface area contributed by atoms with Crippen molar-refractivity contribution in [1.82, 2.24) is 29.9 Å². The van der Waals surface area contributed by atoms with Crippen LogP contribution < -0.4 is 4.74 Å². The number of hydrogen-bond donors (Lipinski definition) is 2. The molecule has 0 bridgehead atoms. The summed E-state index contributed by atoms with van der Waals surface area (Å²) in [6, 6.07) is 13.2. The molecule has 1 aliphatic rings. The summed E-state index contributed by atoms with van der Waals surface area (Å²) in [5, 5.41) is 14.4. The van der Waals surface area contributed by atoms with Gasteiger partial charge in [0.25, 0.3) is 11.8 Å². The zero-order valence-electron chi connectivity index (χ0n) is 24.4. The number of hydrogen-bond acceptors (Lipinski definition) is 8. The van der Waals surface area contributed by atoms with Gasteiger partial charge in [-0.25, -0.2) is 4.98 Å². The van der Waals surface area contributed by atoms with E-state index in [4.69, 9.17) is 9.26 Å². The van der Waals surface area contributed by atoms with Gasteiger partial charge in [0.1, 0.15) is 17.4 Å². The van der Waals surface area contributed by atoms with Crippen LogP contribution >= 0.6 is 0 Å². The molecule has 2 N–H and O–H groups in total. The fraction of sp³-hybridized carbons (Fsp3) is 0.387. The fourth-order valence-corrected chi connectivity index (χ4v) is 5.44. The first-order valence-corrected chi connectivity index (χ1v) is 14.0. The Morgan fingerprint density at radius 2 is 1.93 bits per heavy atom. The largest absolute Gasteiger partial charge is 0.479 e. The third kappa shape index (κ3) is 6.06. The number of imidazole rings is 1. The van der Waals surface area contributed by atoms with Gasteiger partial charge in [0.15, 0.2) is 5.76 Å². The van der Waals surface area contributed by atoms with E-state index < -0.39 is 18.1 Å². The Kier molecular flexibility index (Phi) is 8.39. The molecule has 4 heterocycles. The van der Waals surface area contributed by atoms with Crippen molar-refractivity contribution in [3.63, 3.8) is 0 Å². The highest BCUT2D eigenvalue weighted by Crippen LogP contribution is 2.37. The number of aromatic amines is 1. The lowest BCUT2D eigenvalue weighted by Crippen LogP contribution is -2.37. The van der Waals surface area contributed by atoms with Crippen LogP contribution in [-0.2, 0) is 11.3 Å². The topological polar surface area (TPSA) is 138 Å². The van der Waals surface area contributed by atoms with Gasteiger partial charge in [-0.3, -0.25) is 14.6 Å². The van der Waals surface area contributed by atoms with E-state index in [0.29, 0.717) is 36.1 Å². The van der Waals surface area contributed by atoms with Gasteiger partial charge in [0.2, 0.25) is 5.91 Å². The minimum atomic E-state index is -0.720. The lowest BCUT2D eigenvalue weighted by atomic mass is 9.91. The highest BCUT2D eigenvalue weighted by Gasteiger charge is 2.42. The highest BCUT2D eigenvalue weighted by atomic mass is 16.5. The molecule has 0 saturated carbocycles. The monoisotopic (exact) mass is 572 g/mol. The third-order valence-corrected chi connectivity index (χ3v) is 7.61. The Labute approximate surface area is 244 Å². The SMILES string of the molecule is COc1cc(C(C(=O)N2C[C@H](O)C[C@H]2c2ncc(C(=O)N(C)Cc3ccc(-c4ccnc(C)c4)cc3)[nH]2)C(C)C)on1. The molecule has 11 nitrogen and oxygen atoms in total. The average Bonchev–Trinajstić information content (AvgIpc) is 3.73. The Hall–Kier alpha value is -4.51. The fourth-order valence-electron chi connectivity index (χ4n) is 5.44. The standard InChI is InChI=1S/C31H36N6O5/c1-18(2)28(26-14-27(41-5)35-42-26)31(40)37-17-23(38)13-25(37)29-33-15-24(34-29)30(39)36(4)16-20-6-8-21(9-7-20)22-10-11-32-19(3)12-22/h6-12,14-15,18,23,25,28,38H,13,16-17H2,1-5H3,(H,33,34)/t23-,25+,28?/m1/s1. The molecule has 0 spiro atoms. The van der Waals surface area contributed by atoms with Crippen molar-refractivity contribution in [1.29, 1.82) is 0 Å². The molecule has 1 aliphatic heterocycles. The molecule has 42 heavy (non-hydrogen) atoms. The number of nitrogens with zero attached hydrogens (tertiary/aromatic N) is 5. The molecule has 1 aromatic carbocycles. The lowest BCUT2D eigenvalue weighted by Gasteiger charge is -2.28. The molecule has 220 valence electrons. The van der Waals surface area contributed by atoms with E-state index in [9.17, 15) is 14.7 Å². The number of aromatic nitrogens is 4. The van der Waals surface area contributed by atoms with Crippen molar-refractivity contribution in [2.45, 2.75) is 51.8 Å². The number of pyridine rings is 1. The maximum atomic E-state index is 13.8. The van der Waals surface area contributed by atoms with Crippen LogP contribution in [0.2, 0.25) is 0 Å². The van der Waals surface area contributed by atoms with E-state index in [-0.39, 0.29) is 24.3 Å². The first-order chi connectivity index (χ1) is 20.1. The summed E-state index contributed by atoms with van der Waals surface area (Å²) in [5.74, 6) is -0.0205. The highest BCUT2D eigenvalue weighted by molar-refractivity contribution is 5.92. The Morgan fingerprint density at radius 1 is 1.17 bits per heavy atom. The number of H-pyrrole nitrogens is 1. The molecule has 1 saturated heterocycles. The van der Waals surface area contributed by atoms with Crippen molar-refractivity contribution in [2.24, 2.45) is 5.92 Å². The van der Waals surface area contributed by atoms with Crippen LogP contribution in [0.5, 0.6) is 5.88 Å². The van der Waals surface area contributed by atoms with Crippen LogP contribution in [0.25, 0.3) is 11.1 Å². The molecule has 3 aromatic heterocycles. The number of ether oxygens (including phenoxy) is 1. The van der Waals surface area contributed by atoms with Gasteiger partial charge in [0, 0.05) is 44.5 Å². The van der Waals surface area contributed by atoms with Gasteiger partial charge in [-0.15, -0.1) is 0 Å². The minimum Gasteiger partial charge on any atom is -0.479 e. The second kappa shape index (κ2) is 12.2. The van der Waals surface area contributed by atoms with Gasteiger partial charge in [-0.2, -0.15) is 0 Å². The van der Waals surface area contributed by atoms with Gasteiger partial charge in [-0.05, 0) is 46.8 Å². The number of aryl methyl sites for hydroxylation is 1. The average molecular weight is 573 g/mol. The van der Waals surface area contributed by atoms with Crippen LogP contribution in [0.15, 0.2) is 59.4 Å². The second-order valence-corrected chi connectivity index (χ2v) is 11.1. The Morgan fingerprint density at radius 3 is 2.60 bits per heavy atom.